The third-order valence-electron chi connectivity index (χ3n) is 3.72. The van der Waals surface area contributed by atoms with E-state index in [9.17, 15) is 0 Å². The molecule has 0 aliphatic carbocycles. The second-order valence-electron chi connectivity index (χ2n) is 5.35. The minimum Gasteiger partial charge on any atom is -0.466 e. The van der Waals surface area contributed by atoms with Crippen molar-refractivity contribution >= 4 is 0 Å². The molecule has 1 aliphatic heterocycles. The third kappa shape index (κ3) is 2.62. The highest BCUT2D eigenvalue weighted by Crippen LogP contribution is 2.25. The Labute approximate surface area is 118 Å². The van der Waals surface area contributed by atoms with E-state index in [4.69, 9.17) is 8.83 Å². The van der Waals surface area contributed by atoms with Gasteiger partial charge in [0.2, 0.25) is 5.89 Å². The summed E-state index contributed by atoms with van der Waals surface area (Å²) in [5.74, 6) is 2.87. The van der Waals surface area contributed by atoms with E-state index in [1.165, 1.54) is 0 Å². The first-order valence-corrected chi connectivity index (χ1v) is 6.98. The van der Waals surface area contributed by atoms with Gasteiger partial charge in [0.05, 0.1) is 12.1 Å². The van der Waals surface area contributed by atoms with Crippen LogP contribution in [0.1, 0.15) is 24.3 Å². The van der Waals surface area contributed by atoms with E-state index >= 15 is 0 Å². The molecular formula is C14H20N4O2. The first-order valence-electron chi connectivity index (χ1n) is 6.98. The van der Waals surface area contributed by atoms with E-state index in [0.29, 0.717) is 24.4 Å². The quantitative estimate of drug-likeness (QED) is 0.921. The zero-order chi connectivity index (χ0) is 14.1. The van der Waals surface area contributed by atoms with Crippen molar-refractivity contribution in [2.24, 2.45) is 0 Å². The average molecular weight is 276 g/mol. The van der Waals surface area contributed by atoms with Crippen LogP contribution in [0.5, 0.6) is 0 Å². The first kappa shape index (κ1) is 13.3. The van der Waals surface area contributed by atoms with Gasteiger partial charge >= 0.3 is 0 Å². The zero-order valence-electron chi connectivity index (χ0n) is 12.1. The molecule has 6 heteroatoms. The topological polar surface area (TPSA) is 67.3 Å². The molecule has 20 heavy (non-hydrogen) atoms. The molecule has 3 rings (SSSR count). The van der Waals surface area contributed by atoms with E-state index in [1.807, 2.05) is 19.9 Å². The van der Waals surface area contributed by atoms with Crippen LogP contribution in [0.25, 0.3) is 11.5 Å². The van der Waals surface area contributed by atoms with Gasteiger partial charge < -0.3 is 14.2 Å². The van der Waals surface area contributed by atoms with E-state index < -0.39 is 0 Å². The van der Waals surface area contributed by atoms with Gasteiger partial charge in [-0.25, -0.2) is 0 Å². The van der Waals surface area contributed by atoms with Crippen molar-refractivity contribution in [1.29, 1.82) is 0 Å². The van der Waals surface area contributed by atoms with Crippen LogP contribution in [0.3, 0.4) is 0 Å². The number of aromatic nitrogens is 2. The molecule has 6 nitrogen and oxygen atoms in total. The van der Waals surface area contributed by atoms with Crippen LogP contribution >= 0.6 is 0 Å². The molecule has 0 unspecified atom stereocenters. The van der Waals surface area contributed by atoms with Gasteiger partial charge in [0.1, 0.15) is 11.5 Å². The molecule has 1 N–H and O–H groups in total. The largest absolute Gasteiger partial charge is 0.466 e. The highest BCUT2D eigenvalue weighted by atomic mass is 16.4. The fraction of sp³-hybridized carbons (Fsp3) is 0.571. The molecule has 0 aromatic carbocycles. The number of nitrogens with zero attached hydrogens (tertiary/aromatic N) is 3. The maximum Gasteiger partial charge on any atom is 0.251 e. The standard InChI is InChI=1S/C14H20N4O2/c1-9-7-15-4-5-18(9)8-13-16-17-14(20-13)12-6-10(2)19-11(12)3/h6,9,15H,4-5,7-8H2,1-3H3/t9-/m1/s1. The Balaban J connectivity index is 1.75. The second-order valence-corrected chi connectivity index (χ2v) is 5.35. The molecule has 2 aromatic heterocycles. The number of aryl methyl sites for hydroxylation is 2. The monoisotopic (exact) mass is 276 g/mol. The summed E-state index contributed by atoms with van der Waals surface area (Å²) in [5, 5.41) is 11.7. The maximum atomic E-state index is 5.77. The molecule has 3 heterocycles. The normalized spacial score (nSPS) is 20.4. The molecule has 1 saturated heterocycles. The van der Waals surface area contributed by atoms with Crippen molar-refractivity contribution in [2.75, 3.05) is 19.6 Å². The lowest BCUT2D eigenvalue weighted by Gasteiger charge is -2.32. The molecule has 0 amide bonds. The van der Waals surface area contributed by atoms with Crippen LogP contribution in [0, 0.1) is 13.8 Å². The molecule has 1 atom stereocenters. The summed E-state index contributed by atoms with van der Waals surface area (Å²) in [7, 11) is 0. The van der Waals surface area contributed by atoms with Crippen molar-refractivity contribution in [1.82, 2.24) is 20.4 Å². The van der Waals surface area contributed by atoms with Crippen molar-refractivity contribution in [3.8, 4) is 11.5 Å². The summed E-state index contributed by atoms with van der Waals surface area (Å²) >= 11 is 0. The summed E-state index contributed by atoms with van der Waals surface area (Å²) in [6.45, 7) is 9.73. The van der Waals surface area contributed by atoms with Gasteiger partial charge in [-0.05, 0) is 26.8 Å². The van der Waals surface area contributed by atoms with Gasteiger partial charge in [0, 0.05) is 25.7 Å². The molecule has 0 spiro atoms. The Hall–Kier alpha value is -1.66. The molecule has 0 radical (unpaired) electrons. The Kier molecular flexibility index (Phi) is 3.58. The van der Waals surface area contributed by atoms with Crippen LogP contribution in [0.2, 0.25) is 0 Å². The summed E-state index contributed by atoms with van der Waals surface area (Å²) in [4.78, 5) is 2.35. The van der Waals surface area contributed by atoms with Crippen LogP contribution in [0.4, 0.5) is 0 Å². The fourth-order valence-electron chi connectivity index (χ4n) is 2.56. The first-order chi connectivity index (χ1) is 9.63. The van der Waals surface area contributed by atoms with Gasteiger partial charge in [0.25, 0.3) is 5.89 Å². The van der Waals surface area contributed by atoms with Crippen molar-refractivity contribution < 1.29 is 8.83 Å². The minimum atomic E-state index is 0.483. The Morgan fingerprint density at radius 2 is 2.20 bits per heavy atom. The Morgan fingerprint density at radius 3 is 2.90 bits per heavy atom. The van der Waals surface area contributed by atoms with Gasteiger partial charge in [0.15, 0.2) is 0 Å². The summed E-state index contributed by atoms with van der Waals surface area (Å²) in [6, 6.07) is 2.41. The number of nitrogens with one attached hydrogen (secondary N) is 1. The van der Waals surface area contributed by atoms with Gasteiger partial charge in [-0.2, -0.15) is 0 Å². The van der Waals surface area contributed by atoms with E-state index in [0.717, 1.165) is 36.7 Å². The number of piperazine rings is 1. The average Bonchev–Trinajstić information content (AvgIpc) is 2.99. The molecule has 108 valence electrons. The Morgan fingerprint density at radius 1 is 1.35 bits per heavy atom. The third-order valence-corrected chi connectivity index (χ3v) is 3.72. The number of hydrogen-bond donors (Lipinski definition) is 1. The summed E-state index contributed by atoms with van der Waals surface area (Å²) in [6.07, 6.45) is 0. The fourth-order valence-corrected chi connectivity index (χ4v) is 2.56. The number of hydrogen-bond acceptors (Lipinski definition) is 6. The van der Waals surface area contributed by atoms with E-state index in [1.54, 1.807) is 0 Å². The molecule has 2 aromatic rings. The lowest BCUT2D eigenvalue weighted by Crippen LogP contribution is -2.49. The Bertz CT molecular complexity index is 590. The highest BCUT2D eigenvalue weighted by Gasteiger charge is 2.21. The number of rotatable bonds is 3. The highest BCUT2D eigenvalue weighted by molar-refractivity contribution is 5.55. The van der Waals surface area contributed by atoms with Crippen molar-refractivity contribution in [2.45, 2.75) is 33.4 Å². The molecular weight excluding hydrogens is 256 g/mol. The smallest absolute Gasteiger partial charge is 0.251 e. The molecule has 1 fully saturated rings. The van der Waals surface area contributed by atoms with Crippen LogP contribution < -0.4 is 5.32 Å². The molecule has 0 saturated carbocycles. The van der Waals surface area contributed by atoms with Gasteiger partial charge in [-0.1, -0.05) is 0 Å². The van der Waals surface area contributed by atoms with Gasteiger partial charge in [-0.3, -0.25) is 4.90 Å². The van der Waals surface area contributed by atoms with Crippen LogP contribution in [0.15, 0.2) is 14.9 Å². The molecule has 1 aliphatic rings. The predicted molar refractivity (Wildman–Crippen MR) is 74.2 cm³/mol. The van der Waals surface area contributed by atoms with Crippen LogP contribution in [-0.4, -0.2) is 40.8 Å². The maximum absolute atomic E-state index is 5.77. The van der Waals surface area contributed by atoms with Gasteiger partial charge in [-0.15, -0.1) is 10.2 Å². The van der Waals surface area contributed by atoms with E-state index in [-0.39, 0.29) is 0 Å². The SMILES string of the molecule is Cc1cc(-c2nnc(CN3CCNC[C@H]3C)o2)c(C)o1. The predicted octanol–water partition coefficient (Wildman–Crippen LogP) is 1.74. The number of furan rings is 1. The lowest BCUT2D eigenvalue weighted by atomic mass is 10.2. The van der Waals surface area contributed by atoms with Crippen molar-refractivity contribution in [3.05, 3.63) is 23.5 Å². The minimum absolute atomic E-state index is 0.483. The molecule has 0 bridgehead atoms. The second kappa shape index (κ2) is 5.38. The zero-order valence-corrected chi connectivity index (χ0v) is 12.1. The van der Waals surface area contributed by atoms with Crippen molar-refractivity contribution in [3.63, 3.8) is 0 Å². The van der Waals surface area contributed by atoms with E-state index in [2.05, 4.69) is 27.3 Å². The summed E-state index contributed by atoms with van der Waals surface area (Å²) < 4.78 is 11.3. The lowest BCUT2D eigenvalue weighted by molar-refractivity contribution is 0.151. The van der Waals surface area contributed by atoms with Crippen LogP contribution in [-0.2, 0) is 6.54 Å². The summed E-state index contributed by atoms with van der Waals surface area (Å²) in [5.41, 5.74) is 0.884.